The summed E-state index contributed by atoms with van der Waals surface area (Å²) in [6, 6.07) is 19.6. The molecule has 0 aliphatic carbocycles. The molecule has 1 aliphatic heterocycles. The van der Waals surface area contributed by atoms with Crippen LogP contribution >= 0.6 is 0 Å². The molecular weight excluding hydrogens is 412 g/mol. The standard InChI is InChI=1S/C26H22N6O/c33-26(21-16-28-32-23(13-14-27-25(21)32)19-6-2-1-3-7-19)29-20-11-9-18(10-12-20)22-17-31-15-5-4-8-24(31)30-22/h1-3,6-7,9-14,16-17H,4-5,8,15H2,(H,29,33). The molecule has 0 fully saturated rings. The Labute approximate surface area is 190 Å². The molecule has 2 aromatic carbocycles. The lowest BCUT2D eigenvalue weighted by Gasteiger charge is -2.11. The Morgan fingerprint density at radius 2 is 1.79 bits per heavy atom. The molecule has 7 nitrogen and oxygen atoms in total. The number of carbonyl (C=O) groups excluding carboxylic acids is 1. The van der Waals surface area contributed by atoms with Gasteiger partial charge in [-0.05, 0) is 31.0 Å². The van der Waals surface area contributed by atoms with E-state index in [2.05, 4.69) is 26.2 Å². The maximum absolute atomic E-state index is 13.0. The Bertz CT molecular complexity index is 1430. The van der Waals surface area contributed by atoms with Gasteiger partial charge in [-0.2, -0.15) is 5.10 Å². The highest BCUT2D eigenvalue weighted by molar-refractivity contribution is 6.08. The number of nitrogens with zero attached hydrogens (tertiary/aromatic N) is 5. The van der Waals surface area contributed by atoms with Crippen LogP contribution in [0.5, 0.6) is 0 Å². The number of fused-ring (bicyclic) bond motifs is 2. The molecule has 1 N–H and O–H groups in total. The molecule has 0 spiro atoms. The van der Waals surface area contributed by atoms with Crippen LogP contribution in [0.4, 0.5) is 5.69 Å². The number of aromatic nitrogens is 5. The van der Waals surface area contributed by atoms with E-state index in [0.29, 0.717) is 16.9 Å². The van der Waals surface area contributed by atoms with Gasteiger partial charge in [0.05, 0.1) is 17.6 Å². The van der Waals surface area contributed by atoms with E-state index in [1.807, 2.05) is 60.7 Å². The van der Waals surface area contributed by atoms with Gasteiger partial charge in [-0.3, -0.25) is 4.79 Å². The average Bonchev–Trinajstić information content (AvgIpc) is 3.49. The van der Waals surface area contributed by atoms with Crippen molar-refractivity contribution in [2.75, 3.05) is 5.32 Å². The molecule has 5 aromatic rings. The second-order valence-corrected chi connectivity index (χ2v) is 8.21. The minimum Gasteiger partial charge on any atom is -0.334 e. The van der Waals surface area contributed by atoms with Crippen LogP contribution in [-0.2, 0) is 13.0 Å². The van der Waals surface area contributed by atoms with Crippen molar-refractivity contribution in [3.8, 4) is 22.5 Å². The Balaban J connectivity index is 1.24. The van der Waals surface area contributed by atoms with Crippen LogP contribution in [-0.4, -0.2) is 30.1 Å². The van der Waals surface area contributed by atoms with Gasteiger partial charge >= 0.3 is 0 Å². The van der Waals surface area contributed by atoms with Crippen LogP contribution in [0.25, 0.3) is 28.2 Å². The fourth-order valence-corrected chi connectivity index (χ4v) is 4.35. The molecule has 1 amide bonds. The lowest BCUT2D eigenvalue weighted by molar-refractivity contribution is 0.102. The van der Waals surface area contributed by atoms with Crippen LogP contribution in [0.1, 0.15) is 29.0 Å². The first-order valence-electron chi connectivity index (χ1n) is 11.1. The molecule has 0 saturated heterocycles. The smallest absolute Gasteiger partial charge is 0.261 e. The third-order valence-electron chi connectivity index (χ3n) is 6.06. The molecule has 4 heterocycles. The highest BCUT2D eigenvalue weighted by Crippen LogP contribution is 2.25. The first-order chi connectivity index (χ1) is 16.3. The van der Waals surface area contributed by atoms with Crippen molar-refractivity contribution in [1.29, 1.82) is 0 Å². The van der Waals surface area contributed by atoms with Gasteiger partial charge in [0.25, 0.3) is 5.91 Å². The molecule has 162 valence electrons. The fraction of sp³-hybridized carbons (Fsp3) is 0.154. The third kappa shape index (κ3) is 3.57. The molecule has 1 aliphatic rings. The Hall–Kier alpha value is -4.26. The first kappa shape index (κ1) is 19.4. The van der Waals surface area contributed by atoms with Crippen molar-refractivity contribution >= 4 is 17.2 Å². The molecular formula is C26H22N6O. The third-order valence-corrected chi connectivity index (χ3v) is 6.06. The second-order valence-electron chi connectivity index (χ2n) is 8.21. The topological polar surface area (TPSA) is 77.1 Å². The number of benzene rings is 2. The fourth-order valence-electron chi connectivity index (χ4n) is 4.35. The van der Waals surface area contributed by atoms with Crippen molar-refractivity contribution in [2.45, 2.75) is 25.8 Å². The second kappa shape index (κ2) is 8.02. The van der Waals surface area contributed by atoms with Crippen molar-refractivity contribution in [2.24, 2.45) is 0 Å². The molecule has 0 radical (unpaired) electrons. The number of aryl methyl sites for hydroxylation is 2. The van der Waals surface area contributed by atoms with Crippen LogP contribution in [0.2, 0.25) is 0 Å². The van der Waals surface area contributed by atoms with Gasteiger partial charge in [0.15, 0.2) is 5.65 Å². The highest BCUT2D eigenvalue weighted by Gasteiger charge is 2.17. The number of hydrogen-bond donors (Lipinski definition) is 1. The van der Waals surface area contributed by atoms with Crippen LogP contribution < -0.4 is 5.32 Å². The van der Waals surface area contributed by atoms with E-state index in [4.69, 9.17) is 4.98 Å². The van der Waals surface area contributed by atoms with Gasteiger partial charge in [0.2, 0.25) is 0 Å². The van der Waals surface area contributed by atoms with Gasteiger partial charge in [-0.15, -0.1) is 0 Å². The summed E-state index contributed by atoms with van der Waals surface area (Å²) >= 11 is 0. The number of hydrogen-bond acceptors (Lipinski definition) is 4. The van der Waals surface area contributed by atoms with Gasteiger partial charge < -0.3 is 9.88 Å². The van der Waals surface area contributed by atoms with Gasteiger partial charge in [0.1, 0.15) is 11.4 Å². The number of nitrogens with one attached hydrogen (secondary N) is 1. The largest absolute Gasteiger partial charge is 0.334 e. The normalized spacial score (nSPS) is 13.1. The Morgan fingerprint density at radius 3 is 2.61 bits per heavy atom. The summed E-state index contributed by atoms with van der Waals surface area (Å²) in [6.45, 7) is 1.04. The zero-order valence-electron chi connectivity index (χ0n) is 18.0. The lowest BCUT2D eigenvalue weighted by atomic mass is 10.1. The Morgan fingerprint density at radius 1 is 0.939 bits per heavy atom. The van der Waals surface area contributed by atoms with E-state index >= 15 is 0 Å². The Kier molecular flexibility index (Phi) is 4.72. The molecule has 6 rings (SSSR count). The predicted octanol–water partition coefficient (Wildman–Crippen LogP) is 4.85. The van der Waals surface area contributed by atoms with Gasteiger partial charge in [-0.25, -0.2) is 14.5 Å². The molecule has 3 aromatic heterocycles. The van der Waals surface area contributed by atoms with E-state index in [1.165, 1.54) is 12.8 Å². The molecule has 7 heteroatoms. The summed E-state index contributed by atoms with van der Waals surface area (Å²) in [7, 11) is 0. The molecule has 0 unspecified atom stereocenters. The van der Waals surface area contributed by atoms with Gasteiger partial charge in [-0.1, -0.05) is 42.5 Å². The predicted molar refractivity (Wildman–Crippen MR) is 127 cm³/mol. The molecule has 0 atom stereocenters. The van der Waals surface area contributed by atoms with E-state index in [1.54, 1.807) is 16.9 Å². The summed E-state index contributed by atoms with van der Waals surface area (Å²) in [5.41, 5.74) is 5.58. The first-order valence-corrected chi connectivity index (χ1v) is 11.1. The van der Waals surface area contributed by atoms with Crippen molar-refractivity contribution < 1.29 is 4.79 Å². The zero-order chi connectivity index (χ0) is 22.2. The SMILES string of the molecule is O=C(Nc1ccc(-c2cn3c(n2)CCCC3)cc1)c1cnn2c(-c3ccccc3)ccnc12. The molecule has 0 saturated carbocycles. The quantitative estimate of drug-likeness (QED) is 0.439. The van der Waals surface area contributed by atoms with Gasteiger partial charge in [0, 0.05) is 42.2 Å². The number of imidazole rings is 1. The monoisotopic (exact) mass is 434 g/mol. The zero-order valence-corrected chi connectivity index (χ0v) is 18.0. The highest BCUT2D eigenvalue weighted by atomic mass is 16.1. The summed E-state index contributed by atoms with van der Waals surface area (Å²) in [5, 5.41) is 7.39. The average molecular weight is 435 g/mol. The van der Waals surface area contributed by atoms with Crippen LogP contribution in [0.3, 0.4) is 0 Å². The summed E-state index contributed by atoms with van der Waals surface area (Å²) < 4.78 is 3.95. The van der Waals surface area contributed by atoms with Crippen molar-refractivity contribution in [3.63, 3.8) is 0 Å². The minimum atomic E-state index is -0.243. The van der Waals surface area contributed by atoms with Crippen molar-refractivity contribution in [3.05, 3.63) is 90.6 Å². The summed E-state index contributed by atoms with van der Waals surface area (Å²) in [5.74, 6) is 0.914. The number of rotatable bonds is 4. The van der Waals surface area contributed by atoms with E-state index in [0.717, 1.165) is 41.3 Å². The van der Waals surface area contributed by atoms with Crippen molar-refractivity contribution in [1.82, 2.24) is 24.1 Å². The maximum atomic E-state index is 13.0. The van der Waals surface area contributed by atoms with E-state index < -0.39 is 0 Å². The molecule has 0 bridgehead atoms. The van der Waals surface area contributed by atoms with E-state index in [-0.39, 0.29) is 5.91 Å². The van der Waals surface area contributed by atoms with Crippen LogP contribution in [0.15, 0.2) is 79.3 Å². The summed E-state index contributed by atoms with van der Waals surface area (Å²) in [4.78, 5) is 22.2. The van der Waals surface area contributed by atoms with E-state index in [9.17, 15) is 4.79 Å². The number of carbonyl (C=O) groups is 1. The summed E-state index contributed by atoms with van der Waals surface area (Å²) in [6.07, 6.45) is 8.83. The lowest BCUT2D eigenvalue weighted by Crippen LogP contribution is -2.12. The molecule has 33 heavy (non-hydrogen) atoms. The minimum absolute atomic E-state index is 0.243. The number of amides is 1. The maximum Gasteiger partial charge on any atom is 0.261 e. The van der Waals surface area contributed by atoms with Crippen LogP contribution in [0, 0.1) is 0 Å². The number of anilines is 1.